The number of alkyl halides is 2. The molecule has 0 saturated heterocycles. The van der Waals surface area contributed by atoms with Gasteiger partial charge in [-0.2, -0.15) is 0 Å². The van der Waals surface area contributed by atoms with Crippen LogP contribution in [0.15, 0.2) is 0 Å². The molecular formula is C58H96Br2O4. The standard InChI is InChI=1S/C58H96Br2O4/c1-37(2)21-15-23-39(5)25-17-27-41(7)29-19-33-57(13)35-31-47-49(53(61)43(9)45(11)55(47)63-57)51(59)52(60)50-48-32-36-58(14,64-56(48)46(12)44(10)54(50)62)34-20-30-42(8)28-18-26-40(6)24-16-22-38(3)4/h37-42,51-52,61-62H,15-36H2,1-14H3. The fourth-order valence-electron chi connectivity index (χ4n) is 11.1. The molecule has 8 unspecified atom stereocenters. The van der Waals surface area contributed by atoms with E-state index in [0.717, 1.165) is 130 Å². The number of benzene rings is 2. The van der Waals surface area contributed by atoms with Crippen LogP contribution < -0.4 is 9.47 Å². The number of hydrogen-bond donors (Lipinski definition) is 2. The quantitative estimate of drug-likeness (QED) is 0.0876. The predicted octanol–water partition coefficient (Wildman–Crippen LogP) is 18.9. The zero-order valence-corrected chi connectivity index (χ0v) is 46.8. The summed E-state index contributed by atoms with van der Waals surface area (Å²) < 4.78 is 14.1. The molecule has 0 saturated carbocycles. The Morgan fingerprint density at radius 3 is 1.03 bits per heavy atom. The zero-order valence-electron chi connectivity index (χ0n) is 43.6. The van der Waals surface area contributed by atoms with Crippen molar-refractivity contribution in [2.75, 3.05) is 0 Å². The van der Waals surface area contributed by atoms with E-state index in [0.29, 0.717) is 11.5 Å². The van der Waals surface area contributed by atoms with E-state index in [1.807, 2.05) is 13.8 Å². The molecule has 0 aliphatic carbocycles. The molecule has 2 aromatic rings. The van der Waals surface area contributed by atoms with Crippen LogP contribution in [0.1, 0.15) is 252 Å². The number of phenolic OH excluding ortho intramolecular Hbond substituents is 2. The highest BCUT2D eigenvalue weighted by Gasteiger charge is 2.41. The van der Waals surface area contributed by atoms with E-state index >= 15 is 0 Å². The fraction of sp³-hybridized carbons (Fsp3) is 0.793. The molecule has 8 atom stereocenters. The Morgan fingerprint density at radius 2 is 0.734 bits per heavy atom. The van der Waals surface area contributed by atoms with Crippen molar-refractivity contribution in [2.45, 2.75) is 259 Å². The van der Waals surface area contributed by atoms with Gasteiger partial charge in [-0.1, -0.05) is 177 Å². The van der Waals surface area contributed by atoms with E-state index in [9.17, 15) is 10.2 Å². The first-order chi connectivity index (χ1) is 30.1. The average molecular weight is 1020 g/mol. The summed E-state index contributed by atoms with van der Waals surface area (Å²) in [5, 5.41) is 23.8. The van der Waals surface area contributed by atoms with Crippen molar-refractivity contribution < 1.29 is 19.7 Å². The van der Waals surface area contributed by atoms with Crippen molar-refractivity contribution in [3.63, 3.8) is 0 Å². The van der Waals surface area contributed by atoms with Crippen molar-refractivity contribution in [3.8, 4) is 23.0 Å². The molecule has 2 aromatic carbocycles. The third kappa shape index (κ3) is 15.3. The molecule has 0 aromatic heterocycles. The number of hydrogen-bond acceptors (Lipinski definition) is 4. The van der Waals surface area contributed by atoms with Crippen LogP contribution in [0.25, 0.3) is 0 Å². The van der Waals surface area contributed by atoms with Crippen LogP contribution in [-0.4, -0.2) is 21.4 Å². The van der Waals surface area contributed by atoms with Crippen LogP contribution in [0.2, 0.25) is 0 Å². The van der Waals surface area contributed by atoms with E-state index in [1.54, 1.807) is 0 Å². The van der Waals surface area contributed by atoms with Gasteiger partial charge >= 0.3 is 0 Å². The molecule has 366 valence electrons. The molecular weight excluding hydrogens is 920 g/mol. The number of rotatable bonds is 27. The lowest BCUT2D eigenvalue weighted by atomic mass is 9.81. The Labute approximate surface area is 411 Å². The van der Waals surface area contributed by atoms with Crippen molar-refractivity contribution >= 4 is 31.9 Å². The van der Waals surface area contributed by atoms with Crippen LogP contribution in [0.3, 0.4) is 0 Å². The minimum atomic E-state index is -0.304. The maximum absolute atomic E-state index is 11.9. The summed E-state index contributed by atoms with van der Waals surface area (Å²) in [6.45, 7) is 31.9. The molecule has 0 spiro atoms. The number of halogens is 2. The molecule has 0 fully saturated rings. The fourth-order valence-corrected chi connectivity index (χ4v) is 12.6. The Morgan fingerprint density at radius 1 is 0.453 bits per heavy atom. The molecule has 6 heteroatoms. The smallest absolute Gasteiger partial charge is 0.127 e. The van der Waals surface area contributed by atoms with Crippen molar-refractivity contribution in [1.82, 2.24) is 0 Å². The highest BCUT2D eigenvalue weighted by atomic mass is 79.9. The summed E-state index contributed by atoms with van der Waals surface area (Å²) in [6, 6.07) is 0. The lowest BCUT2D eigenvalue weighted by Gasteiger charge is -2.40. The third-order valence-electron chi connectivity index (χ3n) is 16.1. The lowest BCUT2D eigenvalue weighted by Crippen LogP contribution is -2.37. The third-order valence-corrected chi connectivity index (χ3v) is 18.8. The van der Waals surface area contributed by atoms with Gasteiger partial charge in [-0.15, -0.1) is 0 Å². The Balaban J connectivity index is 1.40. The predicted molar refractivity (Wildman–Crippen MR) is 283 cm³/mol. The second kappa shape index (κ2) is 25.3. The molecule has 0 radical (unpaired) electrons. The van der Waals surface area contributed by atoms with Gasteiger partial charge in [0, 0.05) is 22.3 Å². The molecule has 4 nitrogen and oxygen atoms in total. The first-order valence-electron chi connectivity index (χ1n) is 26.4. The molecule has 2 heterocycles. The topological polar surface area (TPSA) is 58.9 Å². The monoisotopic (exact) mass is 1010 g/mol. The van der Waals surface area contributed by atoms with Crippen molar-refractivity contribution in [3.05, 3.63) is 44.5 Å². The largest absolute Gasteiger partial charge is 0.507 e. The number of aromatic hydroxyl groups is 2. The summed E-state index contributed by atoms with van der Waals surface area (Å²) in [6.07, 6.45) is 26.6. The van der Waals surface area contributed by atoms with Crippen LogP contribution in [0.4, 0.5) is 0 Å². The van der Waals surface area contributed by atoms with Gasteiger partial charge in [0.05, 0.1) is 9.65 Å². The molecule has 2 aliphatic rings. The normalized spacial score (nSPS) is 21.5. The molecule has 64 heavy (non-hydrogen) atoms. The SMILES string of the molecule is Cc1c(C)c2c(c(C(Br)C(Br)c3c(O)c(C)c(C)c4c3CCC(C)(CCCC(C)CCCC(C)CCCC(C)C)O4)c1O)CCC(C)(CCCC(C)CCCC(C)CCCC(C)C)O2. The Hall–Kier alpha value is -1.40. The molecule has 4 rings (SSSR count). The first kappa shape index (κ1) is 55.2. The van der Waals surface area contributed by atoms with Gasteiger partial charge in [0.25, 0.3) is 0 Å². The lowest BCUT2D eigenvalue weighted by molar-refractivity contribution is 0.0505. The number of ether oxygens (including phenoxy) is 2. The van der Waals surface area contributed by atoms with E-state index in [-0.39, 0.29) is 20.9 Å². The van der Waals surface area contributed by atoms with Gasteiger partial charge in [-0.25, -0.2) is 0 Å². The van der Waals surface area contributed by atoms with Gasteiger partial charge in [0.2, 0.25) is 0 Å². The molecule has 2 N–H and O–H groups in total. The Bertz CT molecular complexity index is 1640. The van der Waals surface area contributed by atoms with Gasteiger partial charge in [0.15, 0.2) is 0 Å². The number of fused-ring (bicyclic) bond motifs is 2. The van der Waals surface area contributed by atoms with Crippen LogP contribution >= 0.6 is 31.9 Å². The minimum Gasteiger partial charge on any atom is -0.507 e. The van der Waals surface area contributed by atoms with E-state index in [4.69, 9.17) is 9.47 Å². The van der Waals surface area contributed by atoms with Crippen LogP contribution in [0, 0.1) is 63.2 Å². The summed E-state index contributed by atoms with van der Waals surface area (Å²) in [5.74, 6) is 7.30. The Kier molecular flexibility index (Phi) is 21.8. The van der Waals surface area contributed by atoms with Crippen molar-refractivity contribution in [2.24, 2.45) is 35.5 Å². The van der Waals surface area contributed by atoms with E-state index in [2.05, 4.69) is 115 Å². The highest BCUT2D eigenvalue weighted by Crippen LogP contribution is 2.57. The zero-order chi connectivity index (χ0) is 47.5. The first-order valence-corrected chi connectivity index (χ1v) is 28.3. The average Bonchev–Trinajstić information content (AvgIpc) is 3.22. The summed E-state index contributed by atoms with van der Waals surface area (Å²) >= 11 is 8.23. The van der Waals surface area contributed by atoms with Gasteiger partial charge in [-0.05, 0) is 151 Å². The van der Waals surface area contributed by atoms with E-state index in [1.165, 1.54) is 103 Å². The van der Waals surface area contributed by atoms with Crippen LogP contribution in [-0.2, 0) is 12.8 Å². The summed E-state index contributed by atoms with van der Waals surface area (Å²) in [4.78, 5) is -0.607. The number of phenols is 2. The second-order valence-corrected chi connectivity index (χ2v) is 25.2. The van der Waals surface area contributed by atoms with Gasteiger partial charge in [-0.3, -0.25) is 0 Å². The van der Waals surface area contributed by atoms with Gasteiger partial charge in [0.1, 0.15) is 34.2 Å². The minimum absolute atomic E-state index is 0.239. The maximum atomic E-state index is 11.9. The molecule has 0 bridgehead atoms. The second-order valence-electron chi connectivity index (χ2n) is 23.3. The van der Waals surface area contributed by atoms with Crippen molar-refractivity contribution in [1.29, 1.82) is 0 Å². The maximum Gasteiger partial charge on any atom is 0.127 e. The summed E-state index contributed by atoms with van der Waals surface area (Å²) in [7, 11) is 0. The molecule has 2 aliphatic heterocycles. The highest BCUT2D eigenvalue weighted by molar-refractivity contribution is 9.12. The molecule has 0 amide bonds. The summed E-state index contributed by atoms with van der Waals surface area (Å²) in [5.41, 5.74) is 7.22. The van der Waals surface area contributed by atoms with Crippen LogP contribution in [0.5, 0.6) is 23.0 Å². The van der Waals surface area contributed by atoms with Gasteiger partial charge < -0.3 is 19.7 Å². The van der Waals surface area contributed by atoms with E-state index < -0.39 is 0 Å².